The lowest BCUT2D eigenvalue weighted by atomic mass is 9.87. The van der Waals surface area contributed by atoms with Crippen LogP contribution in [0, 0.1) is 19.8 Å². The minimum Gasteiger partial charge on any atom is -0.462 e. The quantitative estimate of drug-likeness (QED) is 0.840. The smallest absolute Gasteiger partial charge is 0.340 e. The van der Waals surface area contributed by atoms with Crippen molar-refractivity contribution in [2.24, 2.45) is 5.92 Å². The number of aromatic amines is 1. The van der Waals surface area contributed by atoms with Crippen molar-refractivity contribution in [3.05, 3.63) is 22.5 Å². The minimum absolute atomic E-state index is 0.129. The molecule has 1 aromatic rings. The van der Waals surface area contributed by atoms with Crippen molar-refractivity contribution in [1.82, 2.24) is 10.3 Å². The Balaban J connectivity index is 2.13. The summed E-state index contributed by atoms with van der Waals surface area (Å²) < 4.78 is 5.06. The first kappa shape index (κ1) is 16.6. The van der Waals surface area contributed by atoms with Gasteiger partial charge in [0.25, 0.3) is 5.91 Å². The Labute approximate surface area is 131 Å². The van der Waals surface area contributed by atoms with E-state index < -0.39 is 0 Å². The molecule has 122 valence electrons. The maximum atomic E-state index is 12.5. The number of carbonyl (C=O) groups is 2. The molecule has 0 aliphatic heterocycles. The molecule has 2 rings (SSSR count). The highest BCUT2D eigenvalue weighted by Gasteiger charge is 2.25. The predicted octanol–water partition coefficient (Wildman–Crippen LogP) is 3.12. The van der Waals surface area contributed by atoms with E-state index in [1.807, 2.05) is 0 Å². The van der Waals surface area contributed by atoms with E-state index in [0.29, 0.717) is 35.0 Å². The molecule has 0 spiro atoms. The van der Waals surface area contributed by atoms with Crippen LogP contribution in [-0.2, 0) is 4.74 Å². The van der Waals surface area contributed by atoms with Gasteiger partial charge in [0.1, 0.15) is 5.69 Å². The zero-order valence-electron chi connectivity index (χ0n) is 13.9. The summed E-state index contributed by atoms with van der Waals surface area (Å²) in [6.07, 6.45) is 4.44. The number of rotatable bonds is 4. The van der Waals surface area contributed by atoms with Gasteiger partial charge in [0.2, 0.25) is 0 Å². The van der Waals surface area contributed by atoms with E-state index in [4.69, 9.17) is 4.74 Å². The van der Waals surface area contributed by atoms with Crippen molar-refractivity contribution >= 4 is 11.9 Å². The number of H-pyrrole nitrogens is 1. The molecule has 1 aliphatic rings. The number of hydrogen-bond acceptors (Lipinski definition) is 3. The van der Waals surface area contributed by atoms with Crippen molar-refractivity contribution in [1.29, 1.82) is 0 Å². The second-order valence-corrected chi connectivity index (χ2v) is 6.29. The van der Waals surface area contributed by atoms with Gasteiger partial charge in [-0.25, -0.2) is 4.79 Å². The summed E-state index contributed by atoms with van der Waals surface area (Å²) in [6, 6.07) is 0.227. The highest BCUT2D eigenvalue weighted by Crippen LogP contribution is 2.24. The predicted molar refractivity (Wildman–Crippen MR) is 85.1 cm³/mol. The molecular weight excluding hydrogens is 280 g/mol. The maximum absolute atomic E-state index is 12.5. The number of esters is 1. The standard InChI is InChI=1S/C17H26N2O3/c1-5-22-17(21)14-11(3)15(18-12(14)4)16(20)19-13-8-6-7-10(2)9-13/h10,13,18H,5-9H2,1-4H3,(H,19,20). The second-order valence-electron chi connectivity index (χ2n) is 6.29. The van der Waals surface area contributed by atoms with Crippen LogP contribution in [0.2, 0.25) is 0 Å². The van der Waals surface area contributed by atoms with E-state index in [2.05, 4.69) is 17.2 Å². The topological polar surface area (TPSA) is 71.2 Å². The van der Waals surface area contributed by atoms with E-state index in [1.54, 1.807) is 20.8 Å². The summed E-state index contributed by atoms with van der Waals surface area (Å²) in [5.74, 6) is 0.148. The molecule has 2 atom stereocenters. The zero-order valence-corrected chi connectivity index (χ0v) is 13.9. The third kappa shape index (κ3) is 3.51. The maximum Gasteiger partial charge on any atom is 0.340 e. The van der Waals surface area contributed by atoms with Gasteiger partial charge in [0.15, 0.2) is 0 Å². The number of aryl methyl sites for hydroxylation is 1. The lowest BCUT2D eigenvalue weighted by molar-refractivity contribution is 0.0525. The number of amides is 1. The van der Waals surface area contributed by atoms with Crippen LogP contribution in [0.5, 0.6) is 0 Å². The molecule has 0 saturated heterocycles. The molecule has 5 heteroatoms. The Morgan fingerprint density at radius 2 is 2.05 bits per heavy atom. The largest absolute Gasteiger partial charge is 0.462 e. The van der Waals surface area contributed by atoms with Gasteiger partial charge in [-0.3, -0.25) is 4.79 Å². The number of hydrogen-bond donors (Lipinski definition) is 2. The molecule has 1 aliphatic carbocycles. The first-order valence-electron chi connectivity index (χ1n) is 8.11. The number of carbonyl (C=O) groups excluding carboxylic acids is 2. The molecule has 5 nitrogen and oxygen atoms in total. The molecule has 0 radical (unpaired) electrons. The summed E-state index contributed by atoms with van der Waals surface area (Å²) in [4.78, 5) is 27.5. The molecule has 1 saturated carbocycles. The van der Waals surface area contributed by atoms with Gasteiger partial charge < -0.3 is 15.0 Å². The van der Waals surface area contributed by atoms with Crippen molar-refractivity contribution in [3.8, 4) is 0 Å². The van der Waals surface area contributed by atoms with E-state index in [0.717, 1.165) is 19.3 Å². The van der Waals surface area contributed by atoms with Gasteiger partial charge >= 0.3 is 5.97 Å². The average Bonchev–Trinajstić information content (AvgIpc) is 2.74. The Morgan fingerprint density at radius 1 is 1.32 bits per heavy atom. The highest BCUT2D eigenvalue weighted by molar-refractivity contribution is 6.00. The SMILES string of the molecule is CCOC(=O)c1c(C)[nH]c(C(=O)NC2CCCC(C)C2)c1C. The molecule has 1 heterocycles. The summed E-state index contributed by atoms with van der Waals surface area (Å²) in [5, 5.41) is 3.10. The van der Waals surface area contributed by atoms with Crippen LogP contribution in [0.4, 0.5) is 0 Å². The van der Waals surface area contributed by atoms with Gasteiger partial charge in [-0.05, 0) is 45.1 Å². The highest BCUT2D eigenvalue weighted by atomic mass is 16.5. The first-order valence-corrected chi connectivity index (χ1v) is 8.11. The average molecular weight is 306 g/mol. The molecule has 1 amide bonds. The van der Waals surface area contributed by atoms with Gasteiger partial charge in [0, 0.05) is 11.7 Å². The van der Waals surface area contributed by atoms with E-state index in [-0.39, 0.29) is 17.9 Å². The van der Waals surface area contributed by atoms with Crippen molar-refractivity contribution in [2.75, 3.05) is 6.61 Å². The summed E-state index contributed by atoms with van der Waals surface area (Å²) in [7, 11) is 0. The number of aromatic nitrogens is 1. The fourth-order valence-corrected chi connectivity index (χ4v) is 3.31. The van der Waals surface area contributed by atoms with Gasteiger partial charge in [-0.2, -0.15) is 0 Å². The van der Waals surface area contributed by atoms with Crippen LogP contribution in [0.25, 0.3) is 0 Å². The van der Waals surface area contributed by atoms with Crippen LogP contribution in [0.15, 0.2) is 0 Å². The number of nitrogens with one attached hydrogen (secondary N) is 2. The Bertz CT molecular complexity index is 562. The fourth-order valence-electron chi connectivity index (χ4n) is 3.31. The monoisotopic (exact) mass is 306 g/mol. The second kappa shape index (κ2) is 6.99. The van der Waals surface area contributed by atoms with Crippen LogP contribution < -0.4 is 5.32 Å². The molecule has 1 aromatic heterocycles. The van der Waals surface area contributed by atoms with E-state index in [9.17, 15) is 9.59 Å². The molecular formula is C17H26N2O3. The van der Waals surface area contributed by atoms with Crippen LogP contribution in [0.1, 0.15) is 71.6 Å². The molecule has 2 unspecified atom stereocenters. The van der Waals surface area contributed by atoms with Gasteiger partial charge in [-0.15, -0.1) is 0 Å². The lowest BCUT2D eigenvalue weighted by Gasteiger charge is -2.27. The lowest BCUT2D eigenvalue weighted by Crippen LogP contribution is -2.38. The number of ether oxygens (including phenoxy) is 1. The third-order valence-electron chi connectivity index (χ3n) is 4.42. The van der Waals surface area contributed by atoms with Crippen molar-refractivity contribution < 1.29 is 14.3 Å². The molecule has 0 bridgehead atoms. The van der Waals surface area contributed by atoms with Crippen LogP contribution in [0.3, 0.4) is 0 Å². The summed E-state index contributed by atoms with van der Waals surface area (Å²) >= 11 is 0. The van der Waals surface area contributed by atoms with E-state index in [1.165, 1.54) is 6.42 Å². The Morgan fingerprint density at radius 3 is 2.68 bits per heavy atom. The Kier molecular flexibility index (Phi) is 5.27. The normalized spacial score (nSPS) is 21.5. The molecule has 1 fully saturated rings. The first-order chi connectivity index (χ1) is 10.4. The van der Waals surface area contributed by atoms with Crippen molar-refractivity contribution in [2.45, 2.75) is 59.4 Å². The molecule has 22 heavy (non-hydrogen) atoms. The zero-order chi connectivity index (χ0) is 16.3. The molecule has 2 N–H and O–H groups in total. The summed E-state index contributed by atoms with van der Waals surface area (Å²) in [5.41, 5.74) is 2.29. The van der Waals surface area contributed by atoms with Gasteiger partial charge in [-0.1, -0.05) is 19.8 Å². The summed E-state index contributed by atoms with van der Waals surface area (Å²) in [6.45, 7) is 7.89. The van der Waals surface area contributed by atoms with Crippen molar-refractivity contribution in [3.63, 3.8) is 0 Å². The minimum atomic E-state index is -0.376. The van der Waals surface area contributed by atoms with Crippen LogP contribution in [-0.4, -0.2) is 29.5 Å². The third-order valence-corrected chi connectivity index (χ3v) is 4.42. The van der Waals surface area contributed by atoms with Crippen LogP contribution >= 0.6 is 0 Å². The van der Waals surface area contributed by atoms with E-state index >= 15 is 0 Å². The fraction of sp³-hybridized carbons (Fsp3) is 0.647. The Hall–Kier alpha value is -1.78. The van der Waals surface area contributed by atoms with Gasteiger partial charge in [0.05, 0.1) is 12.2 Å². The molecule has 0 aromatic carbocycles.